The van der Waals surface area contributed by atoms with Crippen LogP contribution in [0.5, 0.6) is 0 Å². The highest BCUT2D eigenvalue weighted by molar-refractivity contribution is 5.82. The lowest BCUT2D eigenvalue weighted by Gasteiger charge is -2.05. The van der Waals surface area contributed by atoms with Crippen LogP contribution in [0.1, 0.15) is 5.56 Å². The average Bonchev–Trinajstić information content (AvgIpc) is 3.40. The first kappa shape index (κ1) is 17.7. The maximum absolute atomic E-state index is 5.04. The number of hydrogen-bond acceptors (Lipinski definition) is 1. The van der Waals surface area contributed by atoms with E-state index in [1.54, 1.807) is 0 Å². The van der Waals surface area contributed by atoms with Gasteiger partial charge in [-0.15, -0.1) is 0 Å². The Morgan fingerprint density at radius 1 is 0.548 bits per heavy atom. The number of imidazole rings is 2. The highest BCUT2D eigenvalue weighted by Crippen LogP contribution is 2.28. The van der Waals surface area contributed by atoms with Gasteiger partial charge in [-0.25, -0.2) is 4.98 Å². The van der Waals surface area contributed by atoms with E-state index in [0.717, 1.165) is 23.6 Å². The molecular weight excluding hydrogens is 378 g/mol. The van der Waals surface area contributed by atoms with Crippen molar-refractivity contribution in [2.75, 3.05) is 0 Å². The number of fused-ring (bicyclic) bond motifs is 3. The van der Waals surface area contributed by atoms with Gasteiger partial charge < -0.3 is 4.57 Å². The molecule has 6 rings (SSSR count). The molecule has 0 saturated carbocycles. The molecule has 0 N–H and O–H groups in total. The summed E-state index contributed by atoms with van der Waals surface area (Å²) in [5, 5.41) is 0. The van der Waals surface area contributed by atoms with E-state index in [1.807, 2.05) is 6.07 Å². The Hall–Kier alpha value is -4.11. The van der Waals surface area contributed by atoms with Crippen molar-refractivity contribution in [1.82, 2.24) is 14.0 Å². The van der Waals surface area contributed by atoms with Gasteiger partial charge in [-0.1, -0.05) is 97.1 Å². The van der Waals surface area contributed by atoms with Gasteiger partial charge in [-0.3, -0.25) is 4.40 Å². The van der Waals surface area contributed by atoms with Crippen molar-refractivity contribution in [3.05, 3.63) is 121 Å². The Kier molecular flexibility index (Phi) is 4.17. The van der Waals surface area contributed by atoms with E-state index >= 15 is 0 Å². The van der Waals surface area contributed by atoms with Crippen molar-refractivity contribution in [2.45, 2.75) is 6.54 Å². The van der Waals surface area contributed by atoms with E-state index in [4.69, 9.17) is 4.98 Å². The molecule has 2 aromatic heterocycles. The number of rotatable bonds is 4. The fourth-order valence-corrected chi connectivity index (χ4v) is 4.27. The maximum Gasteiger partial charge on any atom is 0.215 e. The van der Waals surface area contributed by atoms with Gasteiger partial charge in [-0.2, -0.15) is 0 Å². The summed E-state index contributed by atoms with van der Waals surface area (Å²) in [5.74, 6) is 0.965. The summed E-state index contributed by atoms with van der Waals surface area (Å²) in [7, 11) is 0. The van der Waals surface area contributed by atoms with Gasteiger partial charge in [0.05, 0.1) is 23.3 Å². The molecule has 0 spiro atoms. The Morgan fingerprint density at radius 3 is 1.87 bits per heavy atom. The standard InChI is InChI=1S/C28H21N3/c1-3-9-21(10-4-1)19-30-26-13-7-8-14-27(26)31-20-25(29-28(30)31)24-17-15-23(16-18-24)22-11-5-2-6-12-22/h1-18,20H,19H2. The van der Waals surface area contributed by atoms with Crippen molar-refractivity contribution in [3.8, 4) is 22.4 Å². The molecule has 31 heavy (non-hydrogen) atoms. The first-order chi connectivity index (χ1) is 15.4. The zero-order valence-electron chi connectivity index (χ0n) is 17.0. The molecule has 0 atom stereocenters. The van der Waals surface area contributed by atoms with Crippen molar-refractivity contribution in [1.29, 1.82) is 0 Å². The van der Waals surface area contributed by atoms with E-state index < -0.39 is 0 Å². The van der Waals surface area contributed by atoms with E-state index in [2.05, 4.69) is 118 Å². The van der Waals surface area contributed by atoms with Crippen LogP contribution in [0.25, 0.3) is 39.2 Å². The van der Waals surface area contributed by atoms with Crippen LogP contribution in [-0.4, -0.2) is 14.0 Å². The zero-order valence-corrected chi connectivity index (χ0v) is 17.0. The fourth-order valence-electron chi connectivity index (χ4n) is 4.27. The lowest BCUT2D eigenvalue weighted by molar-refractivity contribution is 0.846. The SMILES string of the molecule is c1ccc(Cn2c3ccccc3n3cc(-c4ccc(-c5ccccc5)cc4)nc23)cc1. The van der Waals surface area contributed by atoms with Crippen molar-refractivity contribution in [3.63, 3.8) is 0 Å². The molecule has 0 bridgehead atoms. The molecule has 0 aliphatic heterocycles. The minimum absolute atomic E-state index is 0.793. The van der Waals surface area contributed by atoms with Crippen LogP contribution in [0.15, 0.2) is 115 Å². The van der Waals surface area contributed by atoms with E-state index in [9.17, 15) is 0 Å². The Bertz CT molecular complexity index is 1470. The molecular formula is C28H21N3. The van der Waals surface area contributed by atoms with Gasteiger partial charge in [0.25, 0.3) is 0 Å². The zero-order chi connectivity index (χ0) is 20.6. The van der Waals surface area contributed by atoms with Gasteiger partial charge in [-0.05, 0) is 28.8 Å². The van der Waals surface area contributed by atoms with Crippen LogP contribution in [0.3, 0.4) is 0 Å². The van der Waals surface area contributed by atoms with E-state index in [-0.39, 0.29) is 0 Å². The molecule has 0 unspecified atom stereocenters. The summed E-state index contributed by atoms with van der Waals surface area (Å²) < 4.78 is 4.51. The monoisotopic (exact) mass is 399 g/mol. The maximum atomic E-state index is 5.04. The smallest absolute Gasteiger partial charge is 0.215 e. The summed E-state index contributed by atoms with van der Waals surface area (Å²) >= 11 is 0. The first-order valence-electron chi connectivity index (χ1n) is 10.5. The molecule has 0 saturated heterocycles. The average molecular weight is 399 g/mol. The number of nitrogens with zero attached hydrogens (tertiary/aromatic N) is 3. The Morgan fingerprint density at radius 2 is 1.13 bits per heavy atom. The third-order valence-corrected chi connectivity index (χ3v) is 5.83. The van der Waals surface area contributed by atoms with Crippen molar-refractivity contribution < 1.29 is 0 Å². The van der Waals surface area contributed by atoms with Crippen LogP contribution in [0, 0.1) is 0 Å². The topological polar surface area (TPSA) is 22.2 Å². The summed E-state index contributed by atoms with van der Waals surface area (Å²) in [6.07, 6.45) is 2.15. The molecule has 0 aliphatic carbocycles. The summed E-state index contributed by atoms with van der Waals surface area (Å²) in [6, 6.07) is 38.2. The Balaban J connectivity index is 1.45. The first-order valence-corrected chi connectivity index (χ1v) is 10.5. The number of para-hydroxylation sites is 2. The highest BCUT2D eigenvalue weighted by atomic mass is 15.2. The predicted octanol–water partition coefficient (Wildman–Crippen LogP) is 6.67. The molecule has 2 heterocycles. The van der Waals surface area contributed by atoms with Gasteiger partial charge in [0.2, 0.25) is 5.78 Å². The molecule has 6 aromatic rings. The van der Waals surface area contributed by atoms with Gasteiger partial charge in [0.1, 0.15) is 0 Å². The second kappa shape index (κ2) is 7.29. The van der Waals surface area contributed by atoms with Gasteiger partial charge in [0, 0.05) is 11.8 Å². The molecule has 0 aliphatic rings. The number of aromatic nitrogens is 3. The largest absolute Gasteiger partial charge is 0.305 e. The number of benzene rings is 4. The van der Waals surface area contributed by atoms with Gasteiger partial charge >= 0.3 is 0 Å². The molecule has 0 radical (unpaired) electrons. The van der Waals surface area contributed by atoms with E-state index in [0.29, 0.717) is 0 Å². The second-order valence-corrected chi connectivity index (χ2v) is 7.80. The molecule has 3 heteroatoms. The minimum atomic E-state index is 0.793. The summed E-state index contributed by atoms with van der Waals surface area (Å²) in [4.78, 5) is 5.04. The van der Waals surface area contributed by atoms with Crippen LogP contribution < -0.4 is 0 Å². The quantitative estimate of drug-likeness (QED) is 0.324. The highest BCUT2D eigenvalue weighted by Gasteiger charge is 2.15. The molecule has 4 aromatic carbocycles. The van der Waals surface area contributed by atoms with Gasteiger partial charge in [0.15, 0.2) is 0 Å². The number of hydrogen-bond donors (Lipinski definition) is 0. The minimum Gasteiger partial charge on any atom is -0.305 e. The normalized spacial score (nSPS) is 11.4. The van der Waals surface area contributed by atoms with Crippen LogP contribution in [0.2, 0.25) is 0 Å². The molecule has 3 nitrogen and oxygen atoms in total. The van der Waals surface area contributed by atoms with Crippen molar-refractivity contribution in [2.24, 2.45) is 0 Å². The summed E-state index contributed by atoms with van der Waals surface area (Å²) in [5.41, 5.74) is 8.19. The van der Waals surface area contributed by atoms with Crippen LogP contribution >= 0.6 is 0 Å². The van der Waals surface area contributed by atoms with E-state index in [1.165, 1.54) is 27.7 Å². The van der Waals surface area contributed by atoms with Crippen LogP contribution in [0.4, 0.5) is 0 Å². The van der Waals surface area contributed by atoms with Crippen LogP contribution in [-0.2, 0) is 6.54 Å². The molecule has 0 fully saturated rings. The predicted molar refractivity (Wildman–Crippen MR) is 127 cm³/mol. The Labute approximate surface area is 180 Å². The second-order valence-electron chi connectivity index (χ2n) is 7.80. The third-order valence-electron chi connectivity index (χ3n) is 5.83. The lowest BCUT2D eigenvalue weighted by atomic mass is 10.0. The third kappa shape index (κ3) is 3.11. The molecule has 148 valence electrons. The van der Waals surface area contributed by atoms with Crippen molar-refractivity contribution >= 4 is 16.8 Å². The fraction of sp³-hybridized carbons (Fsp3) is 0.0357. The lowest BCUT2D eigenvalue weighted by Crippen LogP contribution is -2.00. The molecule has 0 amide bonds. The summed E-state index contributed by atoms with van der Waals surface area (Å²) in [6.45, 7) is 0.793.